The molecule has 5 nitrogen and oxygen atoms in total. The molecule has 0 bridgehead atoms. The van der Waals surface area contributed by atoms with Gasteiger partial charge in [0.05, 0.1) is 17.1 Å². The summed E-state index contributed by atoms with van der Waals surface area (Å²) in [5.41, 5.74) is 14.5. The molecule has 126 valence electrons. The van der Waals surface area contributed by atoms with E-state index in [1.54, 1.807) is 12.1 Å². The van der Waals surface area contributed by atoms with Gasteiger partial charge >= 0.3 is 0 Å². The lowest BCUT2D eigenvalue weighted by molar-refractivity contribution is 0.0910. The molecule has 0 unspecified atom stereocenters. The van der Waals surface area contributed by atoms with Gasteiger partial charge in [0.2, 0.25) is 0 Å². The smallest absolute Gasteiger partial charge is 0.162 e. The van der Waals surface area contributed by atoms with Gasteiger partial charge < -0.3 is 26.6 Å². The van der Waals surface area contributed by atoms with E-state index in [1.165, 1.54) is 5.56 Å². The number of hydrogen-bond acceptors (Lipinski definition) is 5. The molecular formula is C19H23N3O2. The predicted molar refractivity (Wildman–Crippen MR) is 97.7 cm³/mol. The zero-order valence-corrected chi connectivity index (χ0v) is 14.0. The zero-order chi connectivity index (χ0) is 17.3. The summed E-state index contributed by atoms with van der Waals surface area (Å²) in [6.45, 7) is 4.32. The van der Waals surface area contributed by atoms with Crippen molar-refractivity contribution in [3.05, 3.63) is 59.4 Å². The summed E-state index contributed by atoms with van der Waals surface area (Å²) in [4.78, 5) is 0. The molecule has 0 fully saturated rings. The number of nitrogen functional groups attached to an aromatic ring is 2. The molecule has 0 aliphatic carbocycles. The van der Waals surface area contributed by atoms with Crippen LogP contribution in [0.15, 0.2) is 48.2 Å². The fraction of sp³-hybridized carbons (Fsp3) is 0.263. The van der Waals surface area contributed by atoms with Gasteiger partial charge in [-0.25, -0.2) is 0 Å². The Kier molecular flexibility index (Phi) is 4.01. The molecule has 0 atom stereocenters. The minimum absolute atomic E-state index is 0.159. The highest BCUT2D eigenvalue weighted by Gasteiger charge is 2.35. The summed E-state index contributed by atoms with van der Waals surface area (Å²) in [6.07, 6.45) is 0.846. The molecule has 1 aliphatic rings. The van der Waals surface area contributed by atoms with Crippen LogP contribution in [0.2, 0.25) is 0 Å². The van der Waals surface area contributed by atoms with Crippen LogP contribution in [0.4, 0.5) is 11.4 Å². The Labute approximate surface area is 141 Å². The lowest BCUT2D eigenvalue weighted by Gasteiger charge is -2.34. The van der Waals surface area contributed by atoms with E-state index in [0.29, 0.717) is 29.4 Å². The normalized spacial score (nSPS) is 15.6. The van der Waals surface area contributed by atoms with Crippen LogP contribution >= 0.6 is 0 Å². The maximum Gasteiger partial charge on any atom is 0.162 e. The van der Waals surface area contributed by atoms with Crippen LogP contribution in [-0.4, -0.2) is 17.3 Å². The second kappa shape index (κ2) is 6.00. The molecule has 0 saturated carbocycles. The molecule has 1 aliphatic heterocycles. The monoisotopic (exact) mass is 325 g/mol. The molecule has 1 heterocycles. The molecule has 6 N–H and O–H groups in total. The third-order valence-electron chi connectivity index (χ3n) is 4.19. The van der Waals surface area contributed by atoms with Crippen molar-refractivity contribution in [3.63, 3.8) is 0 Å². The predicted octanol–water partition coefficient (Wildman–Crippen LogP) is 3.08. The second-order valence-electron chi connectivity index (χ2n) is 6.48. The number of ether oxygens (including phenoxy) is 1. The van der Waals surface area contributed by atoms with Gasteiger partial charge in [-0.15, -0.1) is 0 Å². The number of nitrogens with one attached hydrogen (secondary N) is 1. The van der Waals surface area contributed by atoms with Gasteiger partial charge in [-0.2, -0.15) is 0 Å². The van der Waals surface area contributed by atoms with E-state index in [1.807, 2.05) is 32.0 Å². The van der Waals surface area contributed by atoms with Crippen molar-refractivity contribution in [2.24, 2.45) is 0 Å². The third kappa shape index (κ3) is 2.97. The van der Waals surface area contributed by atoms with Gasteiger partial charge in [0.25, 0.3) is 0 Å². The average Bonchev–Trinajstić information content (AvgIpc) is 2.54. The van der Waals surface area contributed by atoms with Crippen LogP contribution in [0.5, 0.6) is 5.75 Å². The van der Waals surface area contributed by atoms with E-state index in [0.717, 1.165) is 12.0 Å². The molecule has 2 aromatic carbocycles. The van der Waals surface area contributed by atoms with Crippen molar-refractivity contribution < 1.29 is 9.84 Å². The van der Waals surface area contributed by atoms with Crippen molar-refractivity contribution in [1.29, 1.82) is 0 Å². The standard InChI is InChI=1S/C19H23N3O2/c1-19(2)18(23)17(22-9-8-12-6-4-3-5-7-12)13-10-14(20)15(21)11-16(13)24-19/h3-7,10-11,22-23H,8-9,20-21H2,1-2H3. The quantitative estimate of drug-likeness (QED) is 0.648. The number of benzene rings is 2. The van der Waals surface area contributed by atoms with Crippen LogP contribution in [0.3, 0.4) is 0 Å². The van der Waals surface area contributed by atoms with E-state index in [2.05, 4.69) is 17.4 Å². The highest BCUT2D eigenvalue weighted by atomic mass is 16.5. The Morgan fingerprint density at radius 2 is 1.75 bits per heavy atom. The van der Waals surface area contributed by atoms with Gasteiger partial charge in [-0.3, -0.25) is 0 Å². The lowest BCUT2D eigenvalue weighted by atomic mass is 9.96. The van der Waals surface area contributed by atoms with E-state index in [9.17, 15) is 5.11 Å². The van der Waals surface area contributed by atoms with E-state index >= 15 is 0 Å². The molecule has 0 amide bonds. The van der Waals surface area contributed by atoms with Gasteiger partial charge in [-0.1, -0.05) is 30.3 Å². The fourth-order valence-electron chi connectivity index (χ4n) is 2.80. The molecule has 5 heteroatoms. The molecule has 2 aromatic rings. The van der Waals surface area contributed by atoms with Crippen LogP contribution < -0.4 is 21.5 Å². The van der Waals surface area contributed by atoms with Crippen molar-refractivity contribution in [3.8, 4) is 5.75 Å². The summed E-state index contributed by atoms with van der Waals surface area (Å²) >= 11 is 0. The number of fused-ring (bicyclic) bond motifs is 1. The minimum atomic E-state index is -0.829. The fourth-order valence-corrected chi connectivity index (χ4v) is 2.80. The Hall–Kier alpha value is -2.82. The van der Waals surface area contributed by atoms with E-state index in [4.69, 9.17) is 16.2 Å². The number of rotatable bonds is 4. The first-order valence-corrected chi connectivity index (χ1v) is 7.98. The SMILES string of the molecule is CC1(C)Oc2cc(N)c(N)cc2C(NCCc2ccccc2)=C1O. The molecule has 0 spiro atoms. The molecule has 3 rings (SSSR count). The third-order valence-corrected chi connectivity index (χ3v) is 4.19. The summed E-state index contributed by atoms with van der Waals surface area (Å²) < 4.78 is 5.88. The molecule has 0 saturated heterocycles. The number of aliphatic hydroxyl groups is 1. The average molecular weight is 325 g/mol. The highest BCUT2D eigenvalue weighted by Crippen LogP contribution is 2.41. The van der Waals surface area contributed by atoms with Crippen LogP contribution in [-0.2, 0) is 6.42 Å². The van der Waals surface area contributed by atoms with E-state index in [-0.39, 0.29) is 5.76 Å². The van der Waals surface area contributed by atoms with Gasteiger partial charge in [0, 0.05) is 18.2 Å². The minimum Gasteiger partial charge on any atom is -0.506 e. The number of aliphatic hydroxyl groups excluding tert-OH is 1. The Bertz CT molecular complexity index is 783. The first-order chi connectivity index (χ1) is 11.4. The molecule has 0 aromatic heterocycles. The maximum atomic E-state index is 10.6. The highest BCUT2D eigenvalue weighted by molar-refractivity contribution is 5.80. The van der Waals surface area contributed by atoms with Gasteiger partial charge in [0.1, 0.15) is 5.75 Å². The van der Waals surface area contributed by atoms with E-state index < -0.39 is 5.60 Å². The Morgan fingerprint density at radius 1 is 1.08 bits per heavy atom. The summed E-state index contributed by atoms with van der Waals surface area (Å²) in [6, 6.07) is 13.6. The Balaban J connectivity index is 1.88. The van der Waals surface area contributed by atoms with Gasteiger partial charge in [-0.05, 0) is 31.9 Å². The van der Waals surface area contributed by atoms with Crippen molar-refractivity contribution >= 4 is 17.1 Å². The lowest BCUT2D eigenvalue weighted by Crippen LogP contribution is -2.37. The first-order valence-electron chi connectivity index (χ1n) is 7.98. The van der Waals surface area contributed by atoms with Crippen LogP contribution in [0, 0.1) is 0 Å². The van der Waals surface area contributed by atoms with Crippen LogP contribution in [0.1, 0.15) is 25.0 Å². The summed E-state index contributed by atoms with van der Waals surface area (Å²) in [7, 11) is 0. The number of anilines is 2. The molecular weight excluding hydrogens is 302 g/mol. The first kappa shape index (κ1) is 16.1. The second-order valence-corrected chi connectivity index (χ2v) is 6.48. The Morgan fingerprint density at radius 3 is 2.46 bits per heavy atom. The van der Waals surface area contributed by atoms with Gasteiger partial charge in [0.15, 0.2) is 11.4 Å². The van der Waals surface area contributed by atoms with Crippen molar-refractivity contribution in [1.82, 2.24) is 5.32 Å². The zero-order valence-electron chi connectivity index (χ0n) is 14.0. The molecule has 0 radical (unpaired) electrons. The topological polar surface area (TPSA) is 93.5 Å². The summed E-state index contributed by atoms with van der Waals surface area (Å²) in [5.74, 6) is 0.777. The van der Waals surface area contributed by atoms with Crippen LogP contribution in [0.25, 0.3) is 5.70 Å². The summed E-state index contributed by atoms with van der Waals surface area (Å²) in [5, 5.41) is 14.0. The number of nitrogens with two attached hydrogens (primary N) is 2. The number of hydrogen-bond donors (Lipinski definition) is 4. The maximum absolute atomic E-state index is 10.6. The van der Waals surface area contributed by atoms with Crippen molar-refractivity contribution in [2.45, 2.75) is 25.9 Å². The largest absolute Gasteiger partial charge is 0.506 e. The van der Waals surface area contributed by atoms with Crippen molar-refractivity contribution in [2.75, 3.05) is 18.0 Å². The molecule has 24 heavy (non-hydrogen) atoms.